The van der Waals surface area contributed by atoms with Gasteiger partial charge in [-0.2, -0.15) is 11.8 Å². The summed E-state index contributed by atoms with van der Waals surface area (Å²) >= 11 is 1.49. The van der Waals surface area contributed by atoms with E-state index in [1.165, 1.54) is 36.1 Å². The fourth-order valence-corrected chi connectivity index (χ4v) is 6.51. The number of nitrogens with two attached hydrogens (primary N) is 1. The predicted octanol–water partition coefficient (Wildman–Crippen LogP) is -2.00. The lowest BCUT2D eigenvalue weighted by Gasteiger charge is -2.30. The van der Waals surface area contributed by atoms with E-state index >= 15 is 0 Å². The molecule has 11 N–H and O–H groups in total. The third-order valence-corrected chi connectivity index (χ3v) is 9.59. The van der Waals surface area contributed by atoms with E-state index in [1.54, 1.807) is 13.8 Å². The third-order valence-electron chi connectivity index (χ3n) is 8.94. The monoisotopic (exact) mass is 797 g/mol. The van der Waals surface area contributed by atoms with Crippen LogP contribution in [0.2, 0.25) is 0 Å². The van der Waals surface area contributed by atoms with Crippen molar-refractivity contribution in [2.24, 2.45) is 17.6 Å². The molecule has 2 rings (SSSR count). The van der Waals surface area contributed by atoms with Crippen LogP contribution >= 0.6 is 11.8 Å². The number of aromatic amines is 1. The minimum absolute atomic E-state index is 0.0718. The van der Waals surface area contributed by atoms with Crippen LogP contribution in [0.25, 0.3) is 0 Å². The lowest BCUT2D eigenvalue weighted by molar-refractivity contribution is -0.149. The fourth-order valence-electron chi connectivity index (χ4n) is 6.02. The molecular weight excluding hydrogens is 739 g/mol. The van der Waals surface area contributed by atoms with Crippen molar-refractivity contribution >= 4 is 53.2 Å². The van der Waals surface area contributed by atoms with Gasteiger partial charge in [-0.1, -0.05) is 27.7 Å². The van der Waals surface area contributed by atoms with Crippen LogP contribution < -0.4 is 32.3 Å². The summed E-state index contributed by atoms with van der Waals surface area (Å²) in [6.07, 6.45) is 4.46. The minimum Gasteiger partial charge on any atom is -0.480 e. The maximum absolute atomic E-state index is 13.8. The molecule has 0 unspecified atom stereocenters. The van der Waals surface area contributed by atoms with E-state index in [-0.39, 0.29) is 44.1 Å². The van der Waals surface area contributed by atoms with Crippen LogP contribution in [-0.2, 0) is 40.0 Å². The highest BCUT2D eigenvalue weighted by Gasteiger charge is 2.39. The topological polar surface area (TPSA) is 298 Å². The second-order valence-corrected chi connectivity index (χ2v) is 15.6. The van der Waals surface area contributed by atoms with Crippen molar-refractivity contribution in [3.63, 3.8) is 0 Å². The number of H-pyrrole nitrogens is 1. The number of aliphatic hydroxyl groups excluding tert-OH is 2. The van der Waals surface area contributed by atoms with Crippen molar-refractivity contribution in [2.75, 3.05) is 25.2 Å². The van der Waals surface area contributed by atoms with Gasteiger partial charge in [0, 0.05) is 24.9 Å². The summed E-state index contributed by atoms with van der Waals surface area (Å²) < 4.78 is 0. The van der Waals surface area contributed by atoms with Crippen LogP contribution in [0.3, 0.4) is 0 Å². The zero-order valence-corrected chi connectivity index (χ0v) is 33.2. The number of carbonyl (C=O) groups excluding carboxylic acids is 6. The van der Waals surface area contributed by atoms with Crippen molar-refractivity contribution in [1.82, 2.24) is 41.5 Å². The number of imidazole rings is 1. The highest BCUT2D eigenvalue weighted by molar-refractivity contribution is 7.98. The summed E-state index contributed by atoms with van der Waals surface area (Å²) in [7, 11) is 0. The molecule has 0 bridgehead atoms. The van der Waals surface area contributed by atoms with Gasteiger partial charge in [0.2, 0.25) is 35.4 Å². The molecule has 19 nitrogen and oxygen atoms in total. The van der Waals surface area contributed by atoms with Gasteiger partial charge in [-0.25, -0.2) is 9.78 Å². The van der Waals surface area contributed by atoms with Crippen LogP contribution in [0.15, 0.2) is 12.5 Å². The largest absolute Gasteiger partial charge is 0.480 e. The Morgan fingerprint density at radius 3 is 1.98 bits per heavy atom. The standard InChI is InChI=1S/C35H59N9O10S/c1-18(2)12-23(30(48)42-26(16-45)32(50)41-25(13-19(3)4)34(52)44-10-7-8-27(44)35(53)54)39-31(49)24(14-21-15-37-17-38-21)40-33(51)28(20(5)46)43-29(47)22(36)9-11-55-6/h15,17-20,22-28,45-46H,7-14,16,36H2,1-6H3,(H,37,38)(H,39,49)(H,40,51)(H,41,50)(H,42,48)(H,43,47)(H,53,54)/t20-,22+,23+,24+,25+,26+,27+,28+/m1/s1. The first-order chi connectivity index (χ1) is 25.9. The number of thioether (sulfide) groups is 1. The first kappa shape index (κ1) is 46.9. The summed E-state index contributed by atoms with van der Waals surface area (Å²) in [4.78, 5) is 100. The van der Waals surface area contributed by atoms with Crippen LogP contribution in [0, 0.1) is 11.8 Å². The number of nitrogens with zero attached hydrogens (tertiary/aromatic N) is 2. The number of aliphatic carboxylic acids is 1. The minimum atomic E-state index is -1.55. The summed E-state index contributed by atoms with van der Waals surface area (Å²) in [5, 5.41) is 42.8. The molecule has 55 heavy (non-hydrogen) atoms. The van der Waals surface area contributed by atoms with Gasteiger partial charge in [-0.3, -0.25) is 28.8 Å². The van der Waals surface area contributed by atoms with E-state index in [1.807, 2.05) is 20.1 Å². The number of carboxylic acids is 1. The van der Waals surface area contributed by atoms with Gasteiger partial charge < -0.3 is 57.5 Å². The Morgan fingerprint density at radius 1 is 0.873 bits per heavy atom. The molecule has 0 radical (unpaired) electrons. The number of nitrogens with one attached hydrogen (secondary N) is 6. The van der Waals surface area contributed by atoms with Crippen molar-refractivity contribution in [3.8, 4) is 0 Å². The lowest BCUT2D eigenvalue weighted by atomic mass is 10.0. The number of hydrogen-bond donors (Lipinski definition) is 10. The number of aromatic nitrogens is 2. The number of carboxylic acid groups (broad SMARTS) is 1. The molecule has 1 aliphatic heterocycles. The second kappa shape index (κ2) is 23.0. The molecule has 1 saturated heterocycles. The van der Waals surface area contributed by atoms with Gasteiger partial charge in [-0.15, -0.1) is 0 Å². The van der Waals surface area contributed by atoms with E-state index in [2.05, 4.69) is 36.6 Å². The van der Waals surface area contributed by atoms with Gasteiger partial charge >= 0.3 is 5.97 Å². The second-order valence-electron chi connectivity index (χ2n) is 14.6. The maximum atomic E-state index is 13.8. The van der Waals surface area contributed by atoms with Crippen molar-refractivity contribution in [3.05, 3.63) is 18.2 Å². The average molecular weight is 798 g/mol. The number of hydrogen-bond acceptors (Lipinski definition) is 12. The summed E-state index contributed by atoms with van der Waals surface area (Å²) in [5.41, 5.74) is 6.38. The smallest absolute Gasteiger partial charge is 0.326 e. The van der Waals surface area contributed by atoms with Crippen LogP contribution in [0.5, 0.6) is 0 Å². The van der Waals surface area contributed by atoms with Crippen LogP contribution in [-0.4, -0.2) is 145 Å². The molecular formula is C35H59N9O10S. The zero-order valence-electron chi connectivity index (χ0n) is 32.4. The Labute approximate surface area is 325 Å². The predicted molar refractivity (Wildman–Crippen MR) is 203 cm³/mol. The fraction of sp³-hybridized carbons (Fsp3) is 0.714. The normalized spacial score (nSPS) is 18.0. The maximum Gasteiger partial charge on any atom is 0.326 e. The third kappa shape index (κ3) is 15.1. The number of carbonyl (C=O) groups is 7. The number of rotatable bonds is 23. The van der Waals surface area contributed by atoms with Crippen LogP contribution in [0.1, 0.15) is 72.4 Å². The van der Waals surface area contributed by atoms with E-state index in [9.17, 15) is 48.9 Å². The zero-order chi connectivity index (χ0) is 41.4. The molecule has 310 valence electrons. The molecule has 20 heteroatoms. The molecule has 0 spiro atoms. The SMILES string of the molecule is CSCC[C@H](N)C(=O)N[C@H](C(=O)N[C@@H](Cc1cnc[nH]1)C(=O)N[C@@H](CC(C)C)C(=O)N[C@@H](CO)C(=O)N[C@@H](CC(C)C)C(=O)N1CCC[C@H]1C(=O)O)[C@@H](C)O. The Hall–Kier alpha value is -4.27. The number of amides is 6. The Balaban J connectivity index is 2.26. The first-order valence-corrected chi connectivity index (χ1v) is 19.8. The van der Waals surface area contributed by atoms with E-state index in [0.29, 0.717) is 24.3 Å². The summed E-state index contributed by atoms with van der Waals surface area (Å²) in [5.74, 6) is -5.50. The quantitative estimate of drug-likeness (QED) is 0.0574. The van der Waals surface area contributed by atoms with Gasteiger partial charge in [0.25, 0.3) is 0 Å². The molecule has 2 heterocycles. The van der Waals surface area contributed by atoms with Gasteiger partial charge in [-0.05, 0) is 62.9 Å². The molecule has 0 saturated carbocycles. The van der Waals surface area contributed by atoms with Crippen molar-refractivity contribution in [2.45, 2.75) is 122 Å². The number of aliphatic hydroxyl groups is 2. The van der Waals surface area contributed by atoms with Crippen molar-refractivity contribution in [1.29, 1.82) is 0 Å². The first-order valence-electron chi connectivity index (χ1n) is 18.5. The Kier molecular flexibility index (Phi) is 19.6. The van der Waals surface area contributed by atoms with Gasteiger partial charge in [0.1, 0.15) is 36.3 Å². The van der Waals surface area contributed by atoms with Crippen LogP contribution in [0.4, 0.5) is 0 Å². The summed E-state index contributed by atoms with van der Waals surface area (Å²) in [6.45, 7) is 7.85. The molecule has 0 aliphatic carbocycles. The highest BCUT2D eigenvalue weighted by atomic mass is 32.2. The van der Waals surface area contributed by atoms with E-state index in [0.717, 1.165) is 0 Å². The van der Waals surface area contributed by atoms with E-state index in [4.69, 9.17) is 5.73 Å². The highest BCUT2D eigenvalue weighted by Crippen LogP contribution is 2.20. The van der Waals surface area contributed by atoms with E-state index < -0.39 is 96.4 Å². The average Bonchev–Trinajstić information content (AvgIpc) is 3.82. The Morgan fingerprint density at radius 2 is 1.44 bits per heavy atom. The van der Waals surface area contributed by atoms with Gasteiger partial charge in [0.15, 0.2) is 0 Å². The molecule has 1 fully saturated rings. The lowest BCUT2D eigenvalue weighted by Crippen LogP contribution is -2.61. The number of likely N-dealkylation sites (tertiary alicyclic amines) is 1. The Bertz CT molecular complexity index is 1450. The molecule has 1 aliphatic rings. The molecule has 0 aromatic carbocycles. The van der Waals surface area contributed by atoms with Gasteiger partial charge in [0.05, 0.1) is 25.1 Å². The summed E-state index contributed by atoms with van der Waals surface area (Å²) in [6, 6.07) is -8.74. The van der Waals surface area contributed by atoms with Crippen molar-refractivity contribution < 1.29 is 48.9 Å². The molecule has 6 amide bonds. The molecule has 1 aromatic rings. The molecule has 1 aromatic heterocycles. The molecule has 8 atom stereocenters.